The van der Waals surface area contributed by atoms with Crippen molar-refractivity contribution in [3.63, 3.8) is 0 Å². The SMILES string of the molecule is NCc1nc(C(=O)NC(CCC(N)=O)C(=O)O)cs1. The molecule has 1 atom stereocenters. The van der Waals surface area contributed by atoms with Crippen LogP contribution in [-0.2, 0) is 16.1 Å². The molecule has 0 aliphatic heterocycles. The number of carbonyl (C=O) groups excluding carboxylic acids is 2. The van der Waals surface area contributed by atoms with Gasteiger partial charge in [0.05, 0.1) is 0 Å². The van der Waals surface area contributed by atoms with Crippen LogP contribution in [0.5, 0.6) is 0 Å². The first kappa shape index (κ1) is 15.1. The number of carboxylic acid groups (broad SMARTS) is 1. The number of hydrogen-bond donors (Lipinski definition) is 4. The van der Waals surface area contributed by atoms with Gasteiger partial charge in [0.1, 0.15) is 16.7 Å². The molecule has 19 heavy (non-hydrogen) atoms. The van der Waals surface area contributed by atoms with Gasteiger partial charge in [-0.25, -0.2) is 9.78 Å². The Kier molecular flexibility index (Phi) is 5.39. The molecule has 104 valence electrons. The van der Waals surface area contributed by atoms with E-state index in [1.54, 1.807) is 0 Å². The number of carboxylic acids is 1. The number of primary amides is 1. The number of rotatable bonds is 7. The molecule has 0 saturated heterocycles. The van der Waals surface area contributed by atoms with E-state index in [2.05, 4.69) is 10.3 Å². The summed E-state index contributed by atoms with van der Waals surface area (Å²) in [6.07, 6.45) is -0.188. The third-order valence-corrected chi connectivity index (χ3v) is 3.11. The monoisotopic (exact) mass is 286 g/mol. The van der Waals surface area contributed by atoms with Gasteiger partial charge < -0.3 is 21.9 Å². The average Bonchev–Trinajstić information content (AvgIpc) is 2.82. The second kappa shape index (κ2) is 6.81. The standard InChI is InChI=1S/C10H14N4O4S/c11-3-8-13-6(4-19-8)9(16)14-5(10(17)18)1-2-7(12)15/h4-5H,1-3,11H2,(H2,12,15)(H,14,16)(H,17,18). The highest BCUT2D eigenvalue weighted by Crippen LogP contribution is 2.09. The molecule has 2 amide bonds. The Hall–Kier alpha value is -2.00. The van der Waals surface area contributed by atoms with Gasteiger partial charge in [-0.2, -0.15) is 0 Å². The zero-order valence-corrected chi connectivity index (χ0v) is 10.8. The van der Waals surface area contributed by atoms with Crippen LogP contribution >= 0.6 is 11.3 Å². The van der Waals surface area contributed by atoms with Crippen LogP contribution < -0.4 is 16.8 Å². The fourth-order valence-corrected chi connectivity index (χ4v) is 1.94. The van der Waals surface area contributed by atoms with Crippen molar-refractivity contribution in [1.82, 2.24) is 10.3 Å². The number of amides is 2. The van der Waals surface area contributed by atoms with Crippen LogP contribution in [0.4, 0.5) is 0 Å². The molecule has 0 aliphatic rings. The number of aromatic nitrogens is 1. The number of hydrogen-bond acceptors (Lipinski definition) is 6. The maximum absolute atomic E-state index is 11.7. The van der Waals surface area contributed by atoms with Gasteiger partial charge in [0, 0.05) is 18.3 Å². The van der Waals surface area contributed by atoms with E-state index < -0.39 is 23.8 Å². The third kappa shape index (κ3) is 4.64. The van der Waals surface area contributed by atoms with E-state index in [-0.39, 0.29) is 25.1 Å². The summed E-state index contributed by atoms with van der Waals surface area (Å²) >= 11 is 1.21. The van der Waals surface area contributed by atoms with Crippen molar-refractivity contribution in [2.24, 2.45) is 11.5 Å². The van der Waals surface area contributed by atoms with Crippen molar-refractivity contribution in [1.29, 1.82) is 0 Å². The second-order valence-electron chi connectivity index (χ2n) is 3.70. The maximum Gasteiger partial charge on any atom is 0.326 e. The van der Waals surface area contributed by atoms with E-state index >= 15 is 0 Å². The molecule has 0 aliphatic carbocycles. The minimum absolute atomic E-state index is 0.0652. The van der Waals surface area contributed by atoms with Crippen molar-refractivity contribution >= 4 is 29.1 Å². The molecule has 1 aromatic heterocycles. The van der Waals surface area contributed by atoms with Crippen molar-refractivity contribution in [3.05, 3.63) is 16.1 Å². The van der Waals surface area contributed by atoms with Crippen LogP contribution in [0.3, 0.4) is 0 Å². The molecule has 0 fully saturated rings. The molecule has 0 radical (unpaired) electrons. The van der Waals surface area contributed by atoms with E-state index in [4.69, 9.17) is 16.6 Å². The van der Waals surface area contributed by atoms with Crippen LogP contribution in [0.1, 0.15) is 28.3 Å². The van der Waals surface area contributed by atoms with Crippen molar-refractivity contribution in [2.45, 2.75) is 25.4 Å². The van der Waals surface area contributed by atoms with E-state index in [9.17, 15) is 14.4 Å². The fourth-order valence-electron chi connectivity index (χ4n) is 1.29. The van der Waals surface area contributed by atoms with Crippen LogP contribution in [0.15, 0.2) is 5.38 Å². The summed E-state index contributed by atoms with van der Waals surface area (Å²) in [7, 11) is 0. The van der Waals surface area contributed by atoms with Crippen molar-refractivity contribution in [3.8, 4) is 0 Å². The Labute approximate surface area is 112 Å². The van der Waals surface area contributed by atoms with Gasteiger partial charge in [0.15, 0.2) is 0 Å². The van der Waals surface area contributed by atoms with Gasteiger partial charge in [0.2, 0.25) is 5.91 Å². The number of aliphatic carboxylic acids is 1. The maximum atomic E-state index is 11.7. The predicted octanol–water partition coefficient (Wildman–Crippen LogP) is -0.950. The molecule has 1 unspecified atom stereocenters. The summed E-state index contributed by atoms with van der Waals surface area (Å²) < 4.78 is 0. The van der Waals surface area contributed by atoms with Crippen LogP contribution in [0.25, 0.3) is 0 Å². The van der Waals surface area contributed by atoms with Crippen molar-refractivity contribution in [2.75, 3.05) is 0 Å². The minimum Gasteiger partial charge on any atom is -0.480 e. The molecule has 8 nitrogen and oxygen atoms in total. The Morgan fingerprint density at radius 1 is 1.47 bits per heavy atom. The lowest BCUT2D eigenvalue weighted by molar-refractivity contribution is -0.139. The fraction of sp³-hybridized carbons (Fsp3) is 0.400. The topological polar surface area (TPSA) is 148 Å². The summed E-state index contributed by atoms with van der Waals surface area (Å²) in [6, 6.07) is -1.18. The smallest absolute Gasteiger partial charge is 0.326 e. The van der Waals surface area contributed by atoms with Crippen molar-refractivity contribution < 1.29 is 19.5 Å². The minimum atomic E-state index is -1.23. The number of thiazole rings is 1. The first-order valence-corrected chi connectivity index (χ1v) is 6.28. The zero-order chi connectivity index (χ0) is 14.4. The lowest BCUT2D eigenvalue weighted by Gasteiger charge is -2.12. The van der Waals surface area contributed by atoms with E-state index in [0.29, 0.717) is 5.01 Å². The molecule has 6 N–H and O–H groups in total. The first-order valence-electron chi connectivity index (χ1n) is 5.40. The highest BCUT2D eigenvalue weighted by Gasteiger charge is 2.22. The van der Waals surface area contributed by atoms with Crippen LogP contribution in [0.2, 0.25) is 0 Å². The number of nitrogens with one attached hydrogen (secondary N) is 1. The molecule has 1 rings (SSSR count). The Bertz CT molecular complexity index is 488. The molecule has 0 saturated carbocycles. The van der Waals surface area contributed by atoms with Gasteiger partial charge in [0.25, 0.3) is 5.91 Å². The first-order chi connectivity index (χ1) is 8.93. The highest BCUT2D eigenvalue weighted by atomic mass is 32.1. The van der Waals surface area contributed by atoms with E-state index in [0.717, 1.165) is 0 Å². The van der Waals surface area contributed by atoms with Gasteiger partial charge >= 0.3 is 5.97 Å². The summed E-state index contributed by atoms with van der Waals surface area (Å²) in [5, 5.41) is 13.3. The van der Waals surface area contributed by atoms with Gasteiger partial charge in [-0.3, -0.25) is 9.59 Å². The lowest BCUT2D eigenvalue weighted by Crippen LogP contribution is -2.41. The molecule has 0 bridgehead atoms. The van der Waals surface area contributed by atoms with Gasteiger partial charge in [-0.1, -0.05) is 0 Å². The zero-order valence-electron chi connectivity index (χ0n) is 9.96. The van der Waals surface area contributed by atoms with E-state index in [1.807, 2.05) is 0 Å². The molecular formula is C10H14N4O4S. The Morgan fingerprint density at radius 3 is 2.63 bits per heavy atom. The lowest BCUT2D eigenvalue weighted by atomic mass is 10.1. The second-order valence-corrected chi connectivity index (χ2v) is 4.64. The Balaban J connectivity index is 2.65. The van der Waals surface area contributed by atoms with E-state index in [1.165, 1.54) is 16.7 Å². The molecule has 1 heterocycles. The Morgan fingerprint density at radius 2 is 2.16 bits per heavy atom. The summed E-state index contributed by atoms with van der Waals surface area (Å²) in [6.45, 7) is 0.210. The summed E-state index contributed by atoms with van der Waals surface area (Å²) in [5.74, 6) is -2.48. The summed E-state index contributed by atoms with van der Waals surface area (Å²) in [4.78, 5) is 37.2. The number of nitrogens with two attached hydrogens (primary N) is 2. The highest BCUT2D eigenvalue weighted by molar-refractivity contribution is 7.09. The quantitative estimate of drug-likeness (QED) is 0.508. The largest absolute Gasteiger partial charge is 0.480 e. The number of nitrogens with zero attached hydrogens (tertiary/aromatic N) is 1. The van der Waals surface area contributed by atoms with Crippen LogP contribution in [0, 0.1) is 0 Å². The number of carbonyl (C=O) groups is 3. The molecule has 9 heteroatoms. The van der Waals surface area contributed by atoms with Gasteiger partial charge in [-0.05, 0) is 6.42 Å². The average molecular weight is 286 g/mol. The van der Waals surface area contributed by atoms with Gasteiger partial charge in [-0.15, -0.1) is 11.3 Å². The molecule has 1 aromatic rings. The molecule has 0 aromatic carbocycles. The molecular weight excluding hydrogens is 272 g/mol. The normalized spacial score (nSPS) is 11.8. The predicted molar refractivity (Wildman–Crippen MR) is 67.3 cm³/mol. The summed E-state index contributed by atoms with van der Waals surface area (Å²) in [5.41, 5.74) is 10.4. The van der Waals surface area contributed by atoms with Crippen LogP contribution in [-0.4, -0.2) is 33.9 Å². The third-order valence-electron chi connectivity index (χ3n) is 2.24. The molecule has 0 spiro atoms.